The summed E-state index contributed by atoms with van der Waals surface area (Å²) in [4.78, 5) is 25.1. The van der Waals surface area contributed by atoms with Crippen LogP contribution in [0.2, 0.25) is 0 Å². The number of aliphatic hydroxyl groups is 1. The molecule has 0 spiro atoms. The van der Waals surface area contributed by atoms with Crippen LogP contribution in [0.1, 0.15) is 43.6 Å². The molecule has 0 saturated carbocycles. The lowest BCUT2D eigenvalue weighted by molar-refractivity contribution is -0.140. The quantitative estimate of drug-likeness (QED) is 0.735. The largest absolute Gasteiger partial charge is 0.388 e. The topological polar surface area (TPSA) is 78.4 Å². The molecule has 0 aliphatic carbocycles. The first-order valence-corrected chi connectivity index (χ1v) is 7.38. The van der Waals surface area contributed by atoms with E-state index < -0.39 is 23.5 Å². The molecule has 0 fully saturated rings. The molecule has 6 heteroatoms. The van der Waals surface area contributed by atoms with Gasteiger partial charge in [-0.3, -0.25) is 9.59 Å². The summed E-state index contributed by atoms with van der Waals surface area (Å²) < 4.78 is 0. The molecule has 0 bridgehead atoms. The maximum absolute atomic E-state index is 11.6. The summed E-state index contributed by atoms with van der Waals surface area (Å²) in [5, 5.41) is 14.6. The predicted molar refractivity (Wildman–Crippen MR) is 79.6 cm³/mol. The van der Waals surface area contributed by atoms with Gasteiger partial charge in [0.2, 0.25) is 0 Å². The molecule has 1 atom stereocenters. The van der Waals surface area contributed by atoms with Gasteiger partial charge in [0.25, 0.3) is 0 Å². The van der Waals surface area contributed by atoms with Crippen molar-refractivity contribution in [2.75, 3.05) is 6.54 Å². The van der Waals surface area contributed by atoms with Crippen LogP contribution in [0.25, 0.3) is 0 Å². The smallest absolute Gasteiger partial charge is 0.309 e. The summed E-state index contributed by atoms with van der Waals surface area (Å²) in [6.45, 7) is 7.58. The molecule has 3 N–H and O–H groups in total. The summed E-state index contributed by atoms with van der Waals surface area (Å²) >= 11 is 1.51. The van der Waals surface area contributed by atoms with Crippen LogP contribution in [-0.4, -0.2) is 29.0 Å². The zero-order chi connectivity index (χ0) is 15.3. The Hall–Kier alpha value is -1.40. The molecule has 20 heavy (non-hydrogen) atoms. The highest BCUT2D eigenvalue weighted by molar-refractivity contribution is 7.12. The first-order chi connectivity index (χ1) is 9.19. The number of carbonyl (C=O) groups excluding carboxylic acids is 2. The van der Waals surface area contributed by atoms with Gasteiger partial charge in [0.15, 0.2) is 0 Å². The van der Waals surface area contributed by atoms with E-state index >= 15 is 0 Å². The van der Waals surface area contributed by atoms with Crippen molar-refractivity contribution < 1.29 is 14.7 Å². The Morgan fingerprint density at radius 2 is 1.95 bits per heavy atom. The highest BCUT2D eigenvalue weighted by Gasteiger charge is 2.19. The number of amides is 2. The van der Waals surface area contributed by atoms with Gasteiger partial charge in [-0.1, -0.05) is 0 Å². The molecule has 1 rings (SSSR count). The van der Waals surface area contributed by atoms with E-state index in [0.717, 1.165) is 9.75 Å². The summed E-state index contributed by atoms with van der Waals surface area (Å²) in [5.41, 5.74) is -0.422. The van der Waals surface area contributed by atoms with E-state index in [2.05, 4.69) is 10.6 Å². The second-order valence-electron chi connectivity index (χ2n) is 5.69. The monoisotopic (exact) mass is 298 g/mol. The number of rotatable bonds is 4. The maximum atomic E-state index is 11.6. The van der Waals surface area contributed by atoms with Crippen molar-refractivity contribution >= 4 is 23.2 Å². The summed E-state index contributed by atoms with van der Waals surface area (Å²) in [6.07, 6.45) is 0.173. The van der Waals surface area contributed by atoms with Crippen molar-refractivity contribution in [1.82, 2.24) is 10.6 Å². The minimum Gasteiger partial charge on any atom is -0.388 e. The van der Waals surface area contributed by atoms with Gasteiger partial charge in [0, 0.05) is 21.8 Å². The molecule has 0 saturated heterocycles. The van der Waals surface area contributed by atoms with Crippen LogP contribution in [0, 0.1) is 0 Å². The zero-order valence-corrected chi connectivity index (χ0v) is 13.1. The van der Waals surface area contributed by atoms with Crippen LogP contribution in [-0.2, 0) is 16.0 Å². The molecule has 0 aliphatic heterocycles. The van der Waals surface area contributed by atoms with Gasteiger partial charge in [0.05, 0.1) is 6.10 Å². The number of nitrogens with one attached hydrogen (secondary N) is 2. The van der Waals surface area contributed by atoms with E-state index in [1.54, 1.807) is 6.92 Å². The van der Waals surface area contributed by atoms with E-state index in [4.69, 9.17) is 0 Å². The van der Waals surface area contributed by atoms with E-state index in [0.29, 0.717) is 13.0 Å². The summed E-state index contributed by atoms with van der Waals surface area (Å²) in [5.74, 6) is -1.24. The average Bonchev–Trinajstić information content (AvgIpc) is 2.75. The van der Waals surface area contributed by atoms with Crippen molar-refractivity contribution in [3.05, 3.63) is 21.9 Å². The number of hydrogen-bond donors (Lipinski definition) is 3. The van der Waals surface area contributed by atoms with Gasteiger partial charge in [-0.05, 0) is 46.2 Å². The minimum atomic E-state index is -0.618. The molecule has 5 nitrogen and oxygen atoms in total. The van der Waals surface area contributed by atoms with E-state index in [1.807, 2.05) is 32.9 Å². The van der Waals surface area contributed by atoms with E-state index in [-0.39, 0.29) is 0 Å². The molecule has 1 aromatic heterocycles. The fourth-order valence-corrected chi connectivity index (χ4v) is 2.48. The molecule has 112 valence electrons. The SMILES string of the molecule is CC(O)c1ccc(CCNC(=O)C(=O)NC(C)(C)C)s1. The van der Waals surface area contributed by atoms with Crippen molar-refractivity contribution in [2.24, 2.45) is 0 Å². The third kappa shape index (κ3) is 5.71. The van der Waals surface area contributed by atoms with E-state index in [1.165, 1.54) is 11.3 Å². The fourth-order valence-electron chi connectivity index (χ4n) is 1.53. The van der Waals surface area contributed by atoms with Gasteiger partial charge in [-0.25, -0.2) is 0 Å². The molecule has 2 amide bonds. The number of carbonyl (C=O) groups is 2. The summed E-state index contributed by atoms with van der Waals surface area (Å²) in [7, 11) is 0. The van der Waals surface area contributed by atoms with Gasteiger partial charge >= 0.3 is 11.8 Å². The predicted octanol–water partition coefficient (Wildman–Crippen LogP) is 1.37. The zero-order valence-electron chi connectivity index (χ0n) is 12.3. The molecule has 1 unspecified atom stereocenters. The second-order valence-corrected chi connectivity index (χ2v) is 6.89. The average molecular weight is 298 g/mol. The van der Waals surface area contributed by atoms with Crippen LogP contribution in [0.5, 0.6) is 0 Å². The fraction of sp³-hybridized carbons (Fsp3) is 0.571. The molecule has 1 heterocycles. The lowest BCUT2D eigenvalue weighted by atomic mass is 10.1. The van der Waals surface area contributed by atoms with Gasteiger partial charge in [0.1, 0.15) is 0 Å². The van der Waals surface area contributed by atoms with Gasteiger partial charge in [-0.2, -0.15) is 0 Å². The first kappa shape index (κ1) is 16.7. The minimum absolute atomic E-state index is 0.399. The Balaban J connectivity index is 2.36. The highest BCUT2D eigenvalue weighted by atomic mass is 32.1. The molecule has 0 aromatic carbocycles. The standard InChI is InChI=1S/C14H22N2O3S/c1-9(17)11-6-5-10(20-11)7-8-15-12(18)13(19)16-14(2,3)4/h5-6,9,17H,7-8H2,1-4H3,(H,15,18)(H,16,19). The molecular weight excluding hydrogens is 276 g/mol. The van der Waals surface area contributed by atoms with Crippen LogP contribution in [0.15, 0.2) is 12.1 Å². The Morgan fingerprint density at radius 1 is 1.30 bits per heavy atom. The van der Waals surface area contributed by atoms with Crippen LogP contribution >= 0.6 is 11.3 Å². The maximum Gasteiger partial charge on any atom is 0.309 e. The second kappa shape index (κ2) is 6.85. The van der Waals surface area contributed by atoms with Crippen molar-refractivity contribution in [2.45, 2.75) is 45.8 Å². The Kier molecular flexibility index (Phi) is 5.71. The Bertz CT molecular complexity index is 475. The lowest BCUT2D eigenvalue weighted by Crippen LogP contribution is -2.48. The number of thiophene rings is 1. The molecular formula is C14H22N2O3S. The first-order valence-electron chi connectivity index (χ1n) is 6.56. The highest BCUT2D eigenvalue weighted by Crippen LogP contribution is 2.22. The number of hydrogen-bond acceptors (Lipinski definition) is 4. The summed E-state index contributed by atoms with van der Waals surface area (Å²) in [6, 6.07) is 3.80. The number of aliphatic hydroxyl groups excluding tert-OH is 1. The van der Waals surface area contributed by atoms with Crippen molar-refractivity contribution in [3.63, 3.8) is 0 Å². The molecule has 0 radical (unpaired) electrons. The van der Waals surface area contributed by atoms with Crippen molar-refractivity contribution in [3.8, 4) is 0 Å². The van der Waals surface area contributed by atoms with Crippen molar-refractivity contribution in [1.29, 1.82) is 0 Å². The Morgan fingerprint density at radius 3 is 2.45 bits per heavy atom. The lowest BCUT2D eigenvalue weighted by Gasteiger charge is -2.19. The Labute approximate surface area is 123 Å². The van der Waals surface area contributed by atoms with Crippen LogP contribution in [0.4, 0.5) is 0 Å². The third-order valence-corrected chi connectivity index (χ3v) is 3.76. The van der Waals surface area contributed by atoms with Crippen LogP contribution in [0.3, 0.4) is 0 Å². The van der Waals surface area contributed by atoms with E-state index in [9.17, 15) is 14.7 Å². The normalized spacial score (nSPS) is 12.8. The van der Waals surface area contributed by atoms with Gasteiger partial charge in [-0.15, -0.1) is 11.3 Å². The van der Waals surface area contributed by atoms with Gasteiger partial charge < -0.3 is 15.7 Å². The third-order valence-electron chi connectivity index (χ3n) is 2.45. The molecule has 1 aromatic rings. The molecule has 0 aliphatic rings. The van der Waals surface area contributed by atoms with Crippen LogP contribution < -0.4 is 10.6 Å².